The lowest BCUT2D eigenvalue weighted by molar-refractivity contribution is -0.00140. The van der Waals surface area contributed by atoms with Crippen molar-refractivity contribution in [2.75, 3.05) is 32.8 Å². The van der Waals surface area contributed by atoms with Gasteiger partial charge in [0.2, 0.25) is 0 Å². The molecular weight excluding hydrogens is 280 g/mol. The van der Waals surface area contributed by atoms with Crippen LogP contribution in [0.1, 0.15) is 5.56 Å². The van der Waals surface area contributed by atoms with Gasteiger partial charge in [-0.25, -0.2) is 0 Å². The van der Waals surface area contributed by atoms with Gasteiger partial charge in [0, 0.05) is 19.6 Å². The Balaban J connectivity index is 2.30. The van der Waals surface area contributed by atoms with Crippen LogP contribution in [0.3, 0.4) is 0 Å². The maximum Gasteiger partial charge on any atom is 0.186 e. The summed E-state index contributed by atoms with van der Waals surface area (Å²) in [4.78, 5) is 2.26. The molecule has 1 saturated heterocycles. The second kappa shape index (κ2) is 6.71. The zero-order valence-electron chi connectivity index (χ0n) is 13.1. The van der Waals surface area contributed by atoms with Gasteiger partial charge >= 0.3 is 0 Å². The molecular formula is C16H24N2O2Si. The monoisotopic (exact) mass is 304 g/mol. The van der Waals surface area contributed by atoms with Gasteiger partial charge < -0.3 is 9.16 Å². The van der Waals surface area contributed by atoms with E-state index in [9.17, 15) is 5.26 Å². The number of hydrogen-bond donors (Lipinski definition) is 0. The predicted octanol–water partition coefficient (Wildman–Crippen LogP) is 2.59. The minimum atomic E-state index is -1.86. The van der Waals surface area contributed by atoms with E-state index in [0.717, 1.165) is 31.9 Å². The first-order valence-corrected chi connectivity index (χ1v) is 10.8. The number of benzene rings is 1. The van der Waals surface area contributed by atoms with Crippen LogP contribution in [0.5, 0.6) is 0 Å². The molecule has 0 radical (unpaired) electrons. The number of nitrogens with zero attached hydrogens (tertiary/aromatic N) is 2. The second-order valence-corrected chi connectivity index (χ2v) is 10.8. The molecule has 1 aromatic rings. The molecule has 0 unspecified atom stereocenters. The Bertz CT molecular complexity index is 489. The molecule has 0 spiro atoms. The van der Waals surface area contributed by atoms with Gasteiger partial charge in [0.25, 0.3) is 0 Å². The lowest BCUT2D eigenvalue weighted by Gasteiger charge is -2.39. The summed E-state index contributed by atoms with van der Waals surface area (Å²) in [6, 6.07) is 12.3. The molecule has 1 aliphatic heterocycles. The van der Waals surface area contributed by atoms with E-state index in [4.69, 9.17) is 9.16 Å². The highest BCUT2D eigenvalue weighted by molar-refractivity contribution is 6.69. The van der Waals surface area contributed by atoms with Gasteiger partial charge in [0.05, 0.1) is 13.2 Å². The SMILES string of the molecule is C[Si](C)(C)O[C@@](C#N)(CN1CCOCC1)c1ccccc1. The van der Waals surface area contributed by atoms with Crippen molar-refractivity contribution in [3.8, 4) is 6.07 Å². The second-order valence-electron chi connectivity index (χ2n) is 6.41. The summed E-state index contributed by atoms with van der Waals surface area (Å²) in [6.07, 6.45) is 0. The van der Waals surface area contributed by atoms with Crippen molar-refractivity contribution in [2.45, 2.75) is 25.2 Å². The van der Waals surface area contributed by atoms with Gasteiger partial charge in [-0.1, -0.05) is 30.3 Å². The summed E-state index contributed by atoms with van der Waals surface area (Å²) in [7, 11) is -1.86. The molecule has 0 saturated carbocycles. The Hall–Kier alpha value is -1.19. The fourth-order valence-corrected chi connectivity index (χ4v) is 3.88. The van der Waals surface area contributed by atoms with Crippen LogP contribution in [-0.2, 0) is 14.8 Å². The summed E-state index contributed by atoms with van der Waals surface area (Å²) < 4.78 is 11.8. The van der Waals surface area contributed by atoms with Crippen molar-refractivity contribution < 1.29 is 9.16 Å². The van der Waals surface area contributed by atoms with E-state index in [1.165, 1.54) is 0 Å². The topological polar surface area (TPSA) is 45.5 Å². The smallest absolute Gasteiger partial charge is 0.186 e. The molecule has 0 N–H and O–H groups in total. The first-order valence-electron chi connectivity index (χ1n) is 7.42. The number of hydrogen-bond acceptors (Lipinski definition) is 4. The summed E-state index contributed by atoms with van der Waals surface area (Å²) in [5.74, 6) is 0. The molecule has 4 nitrogen and oxygen atoms in total. The Kier molecular flexibility index (Phi) is 5.17. The molecule has 1 heterocycles. The standard InChI is InChI=1S/C16H24N2O2Si/c1-21(2,3)20-16(13-17,15-7-5-4-6-8-15)14-18-9-11-19-12-10-18/h4-8H,9-12,14H2,1-3H3/t16-/m0/s1. The molecule has 1 atom stereocenters. The zero-order chi connectivity index (χ0) is 15.3. The average Bonchev–Trinajstić information content (AvgIpc) is 2.47. The van der Waals surface area contributed by atoms with Crippen molar-refractivity contribution >= 4 is 8.32 Å². The predicted molar refractivity (Wildman–Crippen MR) is 85.4 cm³/mol. The van der Waals surface area contributed by atoms with E-state index < -0.39 is 13.9 Å². The van der Waals surface area contributed by atoms with Crippen LogP contribution in [0.25, 0.3) is 0 Å². The highest BCUT2D eigenvalue weighted by Crippen LogP contribution is 2.30. The van der Waals surface area contributed by atoms with Crippen LogP contribution < -0.4 is 0 Å². The lowest BCUT2D eigenvalue weighted by Crippen LogP contribution is -2.50. The highest BCUT2D eigenvalue weighted by Gasteiger charge is 2.40. The molecule has 21 heavy (non-hydrogen) atoms. The molecule has 0 aliphatic carbocycles. The van der Waals surface area contributed by atoms with E-state index in [1.54, 1.807) is 0 Å². The highest BCUT2D eigenvalue weighted by atomic mass is 28.4. The van der Waals surface area contributed by atoms with E-state index in [1.807, 2.05) is 30.3 Å². The van der Waals surface area contributed by atoms with Gasteiger partial charge in [-0.15, -0.1) is 0 Å². The Morgan fingerprint density at radius 1 is 1.24 bits per heavy atom. The normalized spacial score (nSPS) is 19.7. The van der Waals surface area contributed by atoms with Crippen LogP contribution in [-0.4, -0.2) is 46.1 Å². The van der Waals surface area contributed by atoms with Crippen molar-refractivity contribution in [1.82, 2.24) is 4.90 Å². The van der Waals surface area contributed by atoms with E-state index in [0.29, 0.717) is 6.54 Å². The summed E-state index contributed by atoms with van der Waals surface area (Å²) in [5.41, 5.74) is 0.0599. The van der Waals surface area contributed by atoms with Crippen LogP contribution >= 0.6 is 0 Å². The van der Waals surface area contributed by atoms with Gasteiger partial charge in [0.1, 0.15) is 6.07 Å². The molecule has 2 rings (SSSR count). The fraction of sp³-hybridized carbons (Fsp3) is 0.562. The largest absolute Gasteiger partial charge is 0.396 e. The molecule has 1 aromatic carbocycles. The molecule has 1 aliphatic rings. The third-order valence-electron chi connectivity index (χ3n) is 3.45. The maximum atomic E-state index is 9.91. The Morgan fingerprint density at radius 2 is 1.86 bits per heavy atom. The van der Waals surface area contributed by atoms with Crippen LogP contribution in [0.15, 0.2) is 30.3 Å². The quantitative estimate of drug-likeness (QED) is 0.784. The van der Waals surface area contributed by atoms with Crippen LogP contribution in [0, 0.1) is 11.3 Å². The number of rotatable bonds is 5. The van der Waals surface area contributed by atoms with Gasteiger partial charge in [-0.05, 0) is 25.2 Å². The Morgan fingerprint density at radius 3 is 2.38 bits per heavy atom. The number of morpholine rings is 1. The maximum absolute atomic E-state index is 9.91. The first kappa shape index (κ1) is 16.2. The number of ether oxygens (including phenoxy) is 1. The van der Waals surface area contributed by atoms with Crippen molar-refractivity contribution in [3.63, 3.8) is 0 Å². The third kappa shape index (κ3) is 4.38. The molecule has 0 amide bonds. The minimum Gasteiger partial charge on any atom is -0.396 e. The summed E-state index contributed by atoms with van der Waals surface area (Å²) in [5, 5.41) is 9.91. The van der Waals surface area contributed by atoms with Gasteiger partial charge in [-0.2, -0.15) is 5.26 Å². The van der Waals surface area contributed by atoms with Crippen LogP contribution in [0.4, 0.5) is 0 Å². The zero-order valence-corrected chi connectivity index (χ0v) is 14.1. The van der Waals surface area contributed by atoms with Gasteiger partial charge in [-0.3, -0.25) is 4.90 Å². The van der Waals surface area contributed by atoms with Crippen molar-refractivity contribution in [3.05, 3.63) is 35.9 Å². The fourth-order valence-electron chi connectivity index (χ4n) is 2.61. The lowest BCUT2D eigenvalue weighted by atomic mass is 9.94. The minimum absolute atomic E-state index is 0.598. The summed E-state index contributed by atoms with van der Waals surface area (Å²) >= 11 is 0. The van der Waals surface area contributed by atoms with Gasteiger partial charge in [0.15, 0.2) is 13.9 Å². The Labute approximate surface area is 128 Å². The first-order chi connectivity index (χ1) is 9.95. The molecule has 5 heteroatoms. The molecule has 0 bridgehead atoms. The number of nitriles is 1. The molecule has 114 valence electrons. The van der Waals surface area contributed by atoms with Crippen LogP contribution in [0.2, 0.25) is 19.6 Å². The summed E-state index contributed by atoms with van der Waals surface area (Å²) in [6.45, 7) is 10.1. The van der Waals surface area contributed by atoms with Crippen molar-refractivity contribution in [1.29, 1.82) is 5.26 Å². The van der Waals surface area contributed by atoms with E-state index in [2.05, 4.69) is 30.6 Å². The van der Waals surface area contributed by atoms with Crippen molar-refractivity contribution in [2.24, 2.45) is 0 Å². The molecule has 0 aromatic heterocycles. The average molecular weight is 304 g/mol. The third-order valence-corrected chi connectivity index (χ3v) is 4.41. The molecule has 1 fully saturated rings. The van der Waals surface area contributed by atoms with E-state index >= 15 is 0 Å². The van der Waals surface area contributed by atoms with E-state index in [-0.39, 0.29) is 0 Å².